The number of nitrogens with two attached hydrogens (primary N) is 1. The average Bonchev–Trinajstić information content (AvgIpc) is 2.27. The van der Waals surface area contributed by atoms with Crippen molar-refractivity contribution >= 4 is 16.0 Å². The summed E-state index contributed by atoms with van der Waals surface area (Å²) in [6.45, 7) is 2.21. The van der Waals surface area contributed by atoms with Gasteiger partial charge in [-0.25, -0.2) is 8.42 Å². The number of hydrogen-bond acceptors (Lipinski definition) is 4. The second-order valence-electron chi connectivity index (χ2n) is 4.81. The first kappa shape index (κ1) is 15.4. The van der Waals surface area contributed by atoms with Crippen molar-refractivity contribution in [1.29, 1.82) is 0 Å². The van der Waals surface area contributed by atoms with E-state index in [-0.39, 0.29) is 30.7 Å². The van der Waals surface area contributed by atoms with E-state index in [1.165, 1.54) is 4.31 Å². The molecular formula is C11H22N2O4S. The number of carboxylic acids is 1. The van der Waals surface area contributed by atoms with Gasteiger partial charge in [0, 0.05) is 25.0 Å². The lowest BCUT2D eigenvalue weighted by Gasteiger charge is -2.39. The van der Waals surface area contributed by atoms with Crippen LogP contribution < -0.4 is 5.73 Å². The van der Waals surface area contributed by atoms with Crippen LogP contribution in [-0.4, -0.2) is 48.2 Å². The number of rotatable bonds is 6. The second-order valence-corrected chi connectivity index (χ2v) is 6.81. The molecule has 1 rings (SSSR count). The van der Waals surface area contributed by atoms with Crippen LogP contribution in [0.1, 0.15) is 39.0 Å². The van der Waals surface area contributed by atoms with Crippen LogP contribution in [0.2, 0.25) is 0 Å². The van der Waals surface area contributed by atoms with Crippen LogP contribution in [0.4, 0.5) is 0 Å². The first-order valence-electron chi connectivity index (χ1n) is 6.31. The lowest BCUT2D eigenvalue weighted by molar-refractivity contribution is -0.137. The van der Waals surface area contributed by atoms with Crippen LogP contribution in [0, 0.1) is 0 Å². The number of nitrogens with zero attached hydrogens (tertiary/aromatic N) is 1. The summed E-state index contributed by atoms with van der Waals surface area (Å²) in [5, 5.41) is 8.54. The lowest BCUT2D eigenvalue weighted by Crippen LogP contribution is -2.52. The van der Waals surface area contributed by atoms with Gasteiger partial charge in [-0.15, -0.1) is 0 Å². The molecule has 6 nitrogen and oxygen atoms in total. The molecule has 1 fully saturated rings. The third-order valence-electron chi connectivity index (χ3n) is 3.34. The minimum Gasteiger partial charge on any atom is -0.481 e. The first-order chi connectivity index (χ1) is 8.38. The van der Waals surface area contributed by atoms with Gasteiger partial charge >= 0.3 is 5.97 Å². The number of carboxylic acid groups (broad SMARTS) is 1. The predicted molar refractivity (Wildman–Crippen MR) is 68.7 cm³/mol. The van der Waals surface area contributed by atoms with Crippen molar-refractivity contribution in [3.8, 4) is 0 Å². The van der Waals surface area contributed by atoms with Gasteiger partial charge in [-0.2, -0.15) is 4.31 Å². The summed E-state index contributed by atoms with van der Waals surface area (Å²) in [5.41, 5.74) is 5.63. The predicted octanol–water partition coefficient (Wildman–Crippen LogP) is 0.383. The zero-order chi connectivity index (χ0) is 13.8. The van der Waals surface area contributed by atoms with E-state index in [2.05, 4.69) is 0 Å². The number of carbonyl (C=O) groups is 1. The molecule has 1 aliphatic heterocycles. The van der Waals surface area contributed by atoms with Crippen molar-refractivity contribution in [2.45, 2.75) is 51.1 Å². The fraction of sp³-hybridized carbons (Fsp3) is 0.909. The van der Waals surface area contributed by atoms with Crippen molar-refractivity contribution in [2.75, 3.05) is 12.3 Å². The molecule has 0 bridgehead atoms. The van der Waals surface area contributed by atoms with E-state index in [1.807, 2.05) is 6.92 Å². The van der Waals surface area contributed by atoms with E-state index >= 15 is 0 Å². The number of sulfonamides is 1. The van der Waals surface area contributed by atoms with Crippen molar-refractivity contribution in [3.63, 3.8) is 0 Å². The molecule has 0 saturated carbocycles. The number of aliphatic carboxylic acids is 1. The largest absolute Gasteiger partial charge is 0.481 e. The maximum Gasteiger partial charge on any atom is 0.303 e. The maximum absolute atomic E-state index is 12.2. The molecule has 18 heavy (non-hydrogen) atoms. The summed E-state index contributed by atoms with van der Waals surface area (Å²) in [6, 6.07) is -0.175. The van der Waals surface area contributed by atoms with Gasteiger partial charge in [-0.3, -0.25) is 4.79 Å². The van der Waals surface area contributed by atoms with Gasteiger partial charge in [0.05, 0.1) is 5.75 Å². The van der Waals surface area contributed by atoms with Crippen LogP contribution in [0.5, 0.6) is 0 Å². The molecule has 3 N–H and O–H groups in total. The monoisotopic (exact) mass is 278 g/mol. The number of hydrogen-bond donors (Lipinski definition) is 2. The third-order valence-corrected chi connectivity index (χ3v) is 5.44. The van der Waals surface area contributed by atoms with E-state index in [9.17, 15) is 13.2 Å². The minimum atomic E-state index is -3.40. The molecule has 1 aliphatic rings. The Labute approximate surface area is 108 Å². The zero-order valence-corrected chi connectivity index (χ0v) is 11.5. The van der Waals surface area contributed by atoms with Gasteiger partial charge in [0.25, 0.3) is 0 Å². The van der Waals surface area contributed by atoms with Crippen LogP contribution in [-0.2, 0) is 14.8 Å². The quantitative estimate of drug-likeness (QED) is 0.731. The Bertz CT molecular complexity index is 383. The van der Waals surface area contributed by atoms with Gasteiger partial charge < -0.3 is 10.8 Å². The van der Waals surface area contributed by atoms with Crippen molar-refractivity contribution < 1.29 is 18.3 Å². The average molecular weight is 278 g/mol. The zero-order valence-electron chi connectivity index (χ0n) is 10.7. The second kappa shape index (κ2) is 6.49. The normalized spacial score (nSPS) is 26.1. The van der Waals surface area contributed by atoms with Crippen molar-refractivity contribution in [2.24, 2.45) is 5.73 Å². The highest BCUT2D eigenvalue weighted by Crippen LogP contribution is 2.26. The molecule has 0 spiro atoms. The molecule has 7 heteroatoms. The Hall–Kier alpha value is -0.660. The van der Waals surface area contributed by atoms with Crippen LogP contribution in [0.25, 0.3) is 0 Å². The lowest BCUT2D eigenvalue weighted by atomic mass is 10.00. The Balaban J connectivity index is 2.70. The van der Waals surface area contributed by atoms with Crippen LogP contribution >= 0.6 is 0 Å². The van der Waals surface area contributed by atoms with E-state index in [4.69, 9.17) is 10.8 Å². The van der Waals surface area contributed by atoms with Gasteiger partial charge in [-0.05, 0) is 26.2 Å². The highest BCUT2D eigenvalue weighted by atomic mass is 32.2. The van der Waals surface area contributed by atoms with Gasteiger partial charge in [0.15, 0.2) is 0 Å². The Kier molecular flexibility index (Phi) is 5.55. The van der Waals surface area contributed by atoms with Gasteiger partial charge in [0.2, 0.25) is 10.0 Å². The molecule has 0 aromatic rings. The van der Waals surface area contributed by atoms with Crippen molar-refractivity contribution in [1.82, 2.24) is 4.31 Å². The summed E-state index contributed by atoms with van der Waals surface area (Å²) >= 11 is 0. The molecule has 2 unspecified atom stereocenters. The molecule has 1 heterocycles. The van der Waals surface area contributed by atoms with Crippen LogP contribution in [0.15, 0.2) is 0 Å². The topological polar surface area (TPSA) is 101 Å². The minimum absolute atomic E-state index is 0.0397. The summed E-state index contributed by atoms with van der Waals surface area (Å²) in [6.07, 6.45) is 2.66. The van der Waals surface area contributed by atoms with E-state index in [0.29, 0.717) is 6.54 Å². The molecule has 0 aromatic carbocycles. The fourth-order valence-electron chi connectivity index (χ4n) is 2.50. The SMILES string of the molecule is CC1CCCC(CN)N1S(=O)(=O)CCCC(=O)O. The molecule has 0 radical (unpaired) electrons. The summed E-state index contributed by atoms with van der Waals surface area (Å²) in [5.74, 6) is -1.08. The van der Waals surface area contributed by atoms with Crippen LogP contribution in [0.3, 0.4) is 0 Å². The molecule has 106 valence electrons. The molecular weight excluding hydrogens is 256 g/mol. The first-order valence-corrected chi connectivity index (χ1v) is 7.92. The molecule has 0 aromatic heterocycles. The van der Waals surface area contributed by atoms with E-state index in [0.717, 1.165) is 19.3 Å². The molecule has 0 amide bonds. The summed E-state index contributed by atoms with van der Waals surface area (Å²) in [7, 11) is -3.40. The standard InChI is InChI=1S/C11H22N2O4S/c1-9-4-2-5-10(8-12)13(9)18(16,17)7-3-6-11(14)15/h9-10H,2-8,12H2,1H3,(H,14,15). The Morgan fingerprint density at radius 2 is 2.11 bits per heavy atom. The molecule has 0 aliphatic carbocycles. The highest BCUT2D eigenvalue weighted by Gasteiger charge is 2.35. The molecule has 1 saturated heterocycles. The Morgan fingerprint density at radius 1 is 1.44 bits per heavy atom. The maximum atomic E-state index is 12.2. The Morgan fingerprint density at radius 3 is 2.67 bits per heavy atom. The van der Waals surface area contributed by atoms with E-state index in [1.54, 1.807) is 0 Å². The van der Waals surface area contributed by atoms with Crippen molar-refractivity contribution in [3.05, 3.63) is 0 Å². The highest BCUT2D eigenvalue weighted by molar-refractivity contribution is 7.89. The summed E-state index contributed by atoms with van der Waals surface area (Å²) in [4.78, 5) is 10.4. The smallest absolute Gasteiger partial charge is 0.303 e. The van der Waals surface area contributed by atoms with E-state index < -0.39 is 16.0 Å². The third kappa shape index (κ3) is 3.93. The van der Waals surface area contributed by atoms with Gasteiger partial charge in [-0.1, -0.05) is 6.42 Å². The summed E-state index contributed by atoms with van der Waals surface area (Å²) < 4.78 is 25.9. The fourth-order valence-corrected chi connectivity index (χ4v) is 4.52. The number of piperidine rings is 1. The van der Waals surface area contributed by atoms with Gasteiger partial charge in [0.1, 0.15) is 0 Å². The molecule has 2 atom stereocenters.